The largest absolute Gasteiger partial charge is 0.431 e. The number of nitrogens with one attached hydrogen (secondary N) is 2. The highest BCUT2D eigenvalue weighted by atomic mass is 35.5. The van der Waals surface area contributed by atoms with Crippen LogP contribution in [-0.4, -0.2) is 22.6 Å². The van der Waals surface area contributed by atoms with Crippen molar-refractivity contribution in [1.82, 2.24) is 15.8 Å². The molecule has 9 heteroatoms. The Morgan fingerprint density at radius 1 is 1.07 bits per heavy atom. The van der Waals surface area contributed by atoms with E-state index in [2.05, 4.69) is 15.8 Å². The minimum Gasteiger partial charge on any atom is -0.431 e. The number of hydrazine groups is 1. The molecule has 0 spiro atoms. The lowest BCUT2D eigenvalue weighted by molar-refractivity contribution is -0.119. The molecule has 27 heavy (non-hydrogen) atoms. The number of thioether (sulfide) groups is 1. The Labute approximate surface area is 163 Å². The lowest BCUT2D eigenvalue weighted by atomic mass is 10.2. The number of halogens is 2. The Kier molecular flexibility index (Phi) is 6.10. The van der Waals surface area contributed by atoms with Gasteiger partial charge in [-0.1, -0.05) is 23.4 Å². The standard InChI is InChI=1S/C18H13ClFN3O3S/c19-13-5-1-12(2-6-13)17(25)23-22-16(24)10-27-18-21-9-15(26-18)11-3-7-14(20)8-4-11/h1-9H,10H2,(H,22,24)(H,23,25). The zero-order chi connectivity index (χ0) is 19.2. The third-order valence-corrected chi connectivity index (χ3v) is 4.46. The number of amides is 2. The van der Waals surface area contributed by atoms with E-state index in [9.17, 15) is 14.0 Å². The molecule has 2 aromatic carbocycles. The monoisotopic (exact) mass is 405 g/mol. The molecule has 0 radical (unpaired) electrons. The molecule has 0 aliphatic rings. The van der Waals surface area contributed by atoms with Crippen molar-refractivity contribution in [2.24, 2.45) is 0 Å². The fourth-order valence-electron chi connectivity index (χ4n) is 2.04. The van der Waals surface area contributed by atoms with Gasteiger partial charge in [-0.2, -0.15) is 0 Å². The molecular formula is C18H13ClFN3O3S. The normalized spacial score (nSPS) is 10.4. The van der Waals surface area contributed by atoms with Crippen molar-refractivity contribution in [3.63, 3.8) is 0 Å². The number of carbonyl (C=O) groups is 2. The number of carbonyl (C=O) groups excluding carboxylic acids is 2. The third-order valence-electron chi connectivity index (χ3n) is 3.36. The van der Waals surface area contributed by atoms with E-state index in [0.29, 0.717) is 21.9 Å². The molecule has 0 saturated heterocycles. The molecule has 0 atom stereocenters. The quantitative estimate of drug-likeness (QED) is 0.499. The minimum absolute atomic E-state index is 0.00965. The van der Waals surface area contributed by atoms with Crippen LogP contribution in [0.1, 0.15) is 10.4 Å². The summed E-state index contributed by atoms with van der Waals surface area (Å²) in [6, 6.07) is 12.0. The van der Waals surface area contributed by atoms with Crippen molar-refractivity contribution < 1.29 is 18.4 Å². The van der Waals surface area contributed by atoms with Gasteiger partial charge in [0.15, 0.2) is 5.76 Å². The molecule has 0 fully saturated rings. The maximum absolute atomic E-state index is 12.9. The maximum atomic E-state index is 12.9. The lowest BCUT2D eigenvalue weighted by Crippen LogP contribution is -2.42. The summed E-state index contributed by atoms with van der Waals surface area (Å²) in [5, 5.41) is 0.798. The summed E-state index contributed by atoms with van der Waals surface area (Å²) in [7, 11) is 0. The SMILES string of the molecule is O=C(CSc1ncc(-c2ccc(F)cc2)o1)NNC(=O)c1ccc(Cl)cc1. The first-order chi connectivity index (χ1) is 13.0. The summed E-state index contributed by atoms with van der Waals surface area (Å²) in [5.74, 6) is -0.771. The average Bonchev–Trinajstić information content (AvgIpc) is 3.14. The van der Waals surface area contributed by atoms with Crippen LogP contribution in [0, 0.1) is 5.82 Å². The molecular weight excluding hydrogens is 393 g/mol. The van der Waals surface area contributed by atoms with E-state index in [4.69, 9.17) is 16.0 Å². The zero-order valence-corrected chi connectivity index (χ0v) is 15.3. The van der Waals surface area contributed by atoms with Gasteiger partial charge in [-0.05, 0) is 48.5 Å². The van der Waals surface area contributed by atoms with E-state index in [1.54, 1.807) is 36.4 Å². The molecule has 0 unspecified atom stereocenters. The number of oxazole rings is 1. The van der Waals surface area contributed by atoms with Crippen LogP contribution in [0.5, 0.6) is 0 Å². The Hall–Kier alpha value is -2.84. The molecule has 3 rings (SSSR count). The van der Waals surface area contributed by atoms with Crippen LogP contribution in [-0.2, 0) is 4.79 Å². The third kappa shape index (κ3) is 5.32. The second kappa shape index (κ2) is 8.70. The summed E-state index contributed by atoms with van der Waals surface area (Å²) < 4.78 is 18.5. The van der Waals surface area contributed by atoms with Gasteiger partial charge in [-0.25, -0.2) is 9.37 Å². The molecule has 138 valence electrons. The van der Waals surface area contributed by atoms with Gasteiger partial charge in [0.1, 0.15) is 5.82 Å². The molecule has 1 aromatic heterocycles. The fraction of sp³-hybridized carbons (Fsp3) is 0.0556. The lowest BCUT2D eigenvalue weighted by Gasteiger charge is -2.06. The van der Waals surface area contributed by atoms with Crippen LogP contribution in [0.2, 0.25) is 5.02 Å². The summed E-state index contributed by atoms with van der Waals surface area (Å²) in [5.41, 5.74) is 5.66. The highest BCUT2D eigenvalue weighted by Crippen LogP contribution is 2.25. The molecule has 0 aliphatic carbocycles. The van der Waals surface area contributed by atoms with Crippen LogP contribution >= 0.6 is 23.4 Å². The number of hydrogen-bond acceptors (Lipinski definition) is 5. The molecule has 0 bridgehead atoms. The summed E-state index contributed by atoms with van der Waals surface area (Å²) in [4.78, 5) is 27.8. The van der Waals surface area contributed by atoms with Gasteiger partial charge < -0.3 is 4.42 Å². The minimum atomic E-state index is -0.459. The van der Waals surface area contributed by atoms with Crippen molar-refractivity contribution in [2.45, 2.75) is 5.22 Å². The first-order valence-electron chi connectivity index (χ1n) is 7.70. The van der Waals surface area contributed by atoms with Gasteiger partial charge in [0, 0.05) is 16.1 Å². The Balaban J connectivity index is 1.47. The highest BCUT2D eigenvalue weighted by Gasteiger charge is 2.11. The first kappa shape index (κ1) is 18.9. The molecule has 6 nitrogen and oxygen atoms in total. The Morgan fingerprint density at radius 3 is 2.48 bits per heavy atom. The molecule has 3 aromatic rings. The van der Waals surface area contributed by atoms with Crippen molar-refractivity contribution in [2.75, 3.05) is 5.75 Å². The van der Waals surface area contributed by atoms with E-state index in [1.807, 2.05) is 0 Å². The van der Waals surface area contributed by atoms with Crippen LogP contribution < -0.4 is 10.9 Å². The van der Waals surface area contributed by atoms with Gasteiger partial charge in [0.25, 0.3) is 11.1 Å². The van der Waals surface area contributed by atoms with E-state index >= 15 is 0 Å². The highest BCUT2D eigenvalue weighted by molar-refractivity contribution is 7.99. The molecule has 1 heterocycles. The van der Waals surface area contributed by atoms with Crippen LogP contribution in [0.25, 0.3) is 11.3 Å². The number of benzene rings is 2. The van der Waals surface area contributed by atoms with Crippen LogP contribution in [0.15, 0.2) is 64.4 Å². The predicted molar refractivity (Wildman–Crippen MR) is 99.7 cm³/mol. The smallest absolute Gasteiger partial charge is 0.269 e. The van der Waals surface area contributed by atoms with Gasteiger partial charge in [0.2, 0.25) is 5.91 Å². The fourth-order valence-corrected chi connectivity index (χ4v) is 2.76. The van der Waals surface area contributed by atoms with Crippen molar-refractivity contribution in [1.29, 1.82) is 0 Å². The first-order valence-corrected chi connectivity index (χ1v) is 9.07. The summed E-state index contributed by atoms with van der Waals surface area (Å²) >= 11 is 6.82. The molecule has 2 N–H and O–H groups in total. The van der Waals surface area contributed by atoms with E-state index < -0.39 is 11.8 Å². The molecule has 0 saturated carbocycles. The predicted octanol–water partition coefficient (Wildman–Crippen LogP) is 3.69. The van der Waals surface area contributed by atoms with Crippen LogP contribution in [0.4, 0.5) is 4.39 Å². The molecule has 2 amide bonds. The number of aromatic nitrogens is 1. The number of hydrogen-bond donors (Lipinski definition) is 2. The second-order valence-corrected chi connectivity index (χ2v) is 6.66. The van der Waals surface area contributed by atoms with Gasteiger partial charge in [0.05, 0.1) is 11.9 Å². The van der Waals surface area contributed by atoms with Crippen molar-refractivity contribution in [3.05, 3.63) is 71.1 Å². The van der Waals surface area contributed by atoms with Gasteiger partial charge in [-0.15, -0.1) is 0 Å². The van der Waals surface area contributed by atoms with E-state index in [1.165, 1.54) is 18.3 Å². The van der Waals surface area contributed by atoms with Crippen molar-refractivity contribution in [3.8, 4) is 11.3 Å². The Morgan fingerprint density at radius 2 is 1.78 bits per heavy atom. The van der Waals surface area contributed by atoms with Gasteiger partial charge >= 0.3 is 0 Å². The van der Waals surface area contributed by atoms with E-state index in [0.717, 1.165) is 11.8 Å². The number of nitrogens with zero attached hydrogens (tertiary/aromatic N) is 1. The van der Waals surface area contributed by atoms with E-state index in [-0.39, 0.29) is 16.8 Å². The zero-order valence-electron chi connectivity index (χ0n) is 13.7. The second-order valence-electron chi connectivity index (χ2n) is 5.30. The molecule has 0 aliphatic heterocycles. The number of rotatable bonds is 5. The van der Waals surface area contributed by atoms with Gasteiger partial charge in [-0.3, -0.25) is 20.4 Å². The Bertz CT molecular complexity index is 945. The van der Waals surface area contributed by atoms with Crippen molar-refractivity contribution >= 4 is 35.2 Å². The summed E-state index contributed by atoms with van der Waals surface area (Å²) in [6.07, 6.45) is 1.50. The van der Waals surface area contributed by atoms with Crippen LogP contribution in [0.3, 0.4) is 0 Å². The topological polar surface area (TPSA) is 84.2 Å². The summed E-state index contributed by atoms with van der Waals surface area (Å²) in [6.45, 7) is 0. The maximum Gasteiger partial charge on any atom is 0.269 e. The average molecular weight is 406 g/mol.